The van der Waals surface area contributed by atoms with Gasteiger partial charge >= 0.3 is 0 Å². The molecule has 0 spiro atoms. The van der Waals surface area contributed by atoms with Crippen molar-refractivity contribution in [3.63, 3.8) is 0 Å². The molecule has 0 saturated heterocycles. The smallest absolute Gasteiger partial charge is 0.251 e. The molecule has 0 unspecified atom stereocenters. The number of hydrogen-bond donors (Lipinski definition) is 2. The molecule has 0 fully saturated rings. The summed E-state index contributed by atoms with van der Waals surface area (Å²) in [6.07, 6.45) is 1.83. The van der Waals surface area contributed by atoms with Crippen LogP contribution in [0.1, 0.15) is 22.3 Å². The summed E-state index contributed by atoms with van der Waals surface area (Å²) in [6.45, 7) is 0.831. The zero-order chi connectivity index (χ0) is 19.1. The molecular formula is C20H19BrN4O2. The number of carbonyl (C=O) groups excluding carboxylic acids is 2. The summed E-state index contributed by atoms with van der Waals surface area (Å²) < 4.78 is 2.64. The first-order valence-electron chi connectivity index (χ1n) is 8.51. The van der Waals surface area contributed by atoms with E-state index < -0.39 is 0 Å². The number of carbonyl (C=O) groups is 2. The van der Waals surface area contributed by atoms with Gasteiger partial charge in [-0.3, -0.25) is 9.59 Å². The van der Waals surface area contributed by atoms with E-state index in [0.29, 0.717) is 17.9 Å². The van der Waals surface area contributed by atoms with Crippen LogP contribution in [0.15, 0.2) is 71.3 Å². The molecule has 3 aromatic rings. The number of amides is 2. The standard InChI is InChI=1S/C20H19BrN4O2/c21-17-8-6-16(7-9-17)20(27)22-12-11-19(26)24-18-10-13-23-25(18)14-15-4-2-1-3-5-15/h1-10,13H,11-12,14H2,(H,22,27)(H,24,26). The van der Waals surface area contributed by atoms with E-state index in [9.17, 15) is 9.59 Å². The highest BCUT2D eigenvalue weighted by Crippen LogP contribution is 2.11. The Hall–Kier alpha value is -2.93. The number of benzene rings is 2. The van der Waals surface area contributed by atoms with Crippen molar-refractivity contribution in [2.75, 3.05) is 11.9 Å². The van der Waals surface area contributed by atoms with Gasteiger partial charge in [-0.15, -0.1) is 0 Å². The minimum Gasteiger partial charge on any atom is -0.352 e. The SMILES string of the molecule is O=C(CCNC(=O)c1ccc(Br)cc1)Nc1ccnn1Cc1ccccc1. The Morgan fingerprint density at radius 1 is 1.00 bits per heavy atom. The van der Waals surface area contributed by atoms with Crippen LogP contribution in [0.2, 0.25) is 0 Å². The van der Waals surface area contributed by atoms with Crippen molar-refractivity contribution in [3.05, 3.63) is 82.5 Å². The number of aromatic nitrogens is 2. The third-order valence-corrected chi connectivity index (χ3v) is 4.43. The summed E-state index contributed by atoms with van der Waals surface area (Å²) in [5, 5.41) is 9.83. The van der Waals surface area contributed by atoms with Crippen LogP contribution in [0.4, 0.5) is 5.82 Å². The second kappa shape index (κ2) is 9.14. The number of anilines is 1. The largest absolute Gasteiger partial charge is 0.352 e. The lowest BCUT2D eigenvalue weighted by molar-refractivity contribution is -0.116. The third-order valence-electron chi connectivity index (χ3n) is 3.90. The summed E-state index contributed by atoms with van der Waals surface area (Å²) in [5.41, 5.74) is 1.65. The number of nitrogens with one attached hydrogen (secondary N) is 2. The summed E-state index contributed by atoms with van der Waals surface area (Å²) >= 11 is 3.33. The van der Waals surface area contributed by atoms with Gasteiger partial charge in [0, 0.05) is 29.1 Å². The molecule has 1 aromatic heterocycles. The zero-order valence-electron chi connectivity index (χ0n) is 14.6. The highest BCUT2D eigenvalue weighted by Gasteiger charge is 2.09. The van der Waals surface area contributed by atoms with E-state index in [2.05, 4.69) is 31.7 Å². The highest BCUT2D eigenvalue weighted by atomic mass is 79.9. The van der Waals surface area contributed by atoms with E-state index in [-0.39, 0.29) is 24.8 Å². The summed E-state index contributed by atoms with van der Waals surface area (Å²) in [7, 11) is 0. The molecule has 0 saturated carbocycles. The molecule has 2 aromatic carbocycles. The van der Waals surface area contributed by atoms with Gasteiger partial charge in [0.05, 0.1) is 12.7 Å². The van der Waals surface area contributed by atoms with Gasteiger partial charge in [-0.1, -0.05) is 46.3 Å². The molecule has 1 heterocycles. The van der Waals surface area contributed by atoms with Gasteiger partial charge in [0.2, 0.25) is 5.91 Å². The minimum atomic E-state index is -0.204. The topological polar surface area (TPSA) is 76.0 Å². The molecular weight excluding hydrogens is 408 g/mol. The van der Waals surface area contributed by atoms with Crippen molar-refractivity contribution in [1.29, 1.82) is 0 Å². The number of hydrogen-bond acceptors (Lipinski definition) is 3. The maximum atomic E-state index is 12.2. The van der Waals surface area contributed by atoms with Crippen LogP contribution in [0.3, 0.4) is 0 Å². The van der Waals surface area contributed by atoms with Crippen LogP contribution in [0.25, 0.3) is 0 Å². The Labute approximate surface area is 165 Å². The Bertz CT molecular complexity index is 907. The average Bonchev–Trinajstić information content (AvgIpc) is 3.09. The zero-order valence-corrected chi connectivity index (χ0v) is 16.1. The normalized spacial score (nSPS) is 10.4. The number of rotatable bonds is 7. The number of nitrogens with zero attached hydrogens (tertiary/aromatic N) is 2. The maximum absolute atomic E-state index is 12.2. The quantitative estimate of drug-likeness (QED) is 0.607. The van der Waals surface area contributed by atoms with E-state index in [4.69, 9.17) is 0 Å². The maximum Gasteiger partial charge on any atom is 0.251 e. The van der Waals surface area contributed by atoms with E-state index >= 15 is 0 Å². The van der Waals surface area contributed by atoms with Crippen LogP contribution in [0, 0.1) is 0 Å². The van der Waals surface area contributed by atoms with Gasteiger partial charge in [0.1, 0.15) is 5.82 Å². The van der Waals surface area contributed by atoms with Gasteiger partial charge in [-0.05, 0) is 29.8 Å². The Morgan fingerprint density at radius 3 is 2.48 bits per heavy atom. The van der Waals surface area contributed by atoms with E-state index in [1.165, 1.54) is 0 Å². The molecule has 0 aliphatic carbocycles. The van der Waals surface area contributed by atoms with Crippen molar-refractivity contribution in [1.82, 2.24) is 15.1 Å². The Kier molecular flexibility index (Phi) is 6.38. The van der Waals surface area contributed by atoms with Crippen LogP contribution in [-0.4, -0.2) is 28.1 Å². The second-order valence-electron chi connectivity index (χ2n) is 5.92. The van der Waals surface area contributed by atoms with E-state index in [0.717, 1.165) is 10.0 Å². The minimum absolute atomic E-state index is 0.179. The molecule has 2 amide bonds. The first kappa shape index (κ1) is 18.8. The van der Waals surface area contributed by atoms with Crippen LogP contribution in [0.5, 0.6) is 0 Å². The molecule has 0 radical (unpaired) electrons. The average molecular weight is 427 g/mol. The monoisotopic (exact) mass is 426 g/mol. The second-order valence-corrected chi connectivity index (χ2v) is 6.84. The van der Waals surface area contributed by atoms with Crippen LogP contribution >= 0.6 is 15.9 Å². The van der Waals surface area contributed by atoms with Crippen molar-refractivity contribution >= 4 is 33.6 Å². The van der Waals surface area contributed by atoms with Gasteiger partial charge in [-0.25, -0.2) is 4.68 Å². The summed E-state index contributed by atoms with van der Waals surface area (Å²) in [4.78, 5) is 24.2. The Morgan fingerprint density at radius 2 is 1.74 bits per heavy atom. The number of halogens is 1. The van der Waals surface area contributed by atoms with Gasteiger partial charge in [-0.2, -0.15) is 5.10 Å². The molecule has 3 rings (SSSR count). The predicted octanol–water partition coefficient (Wildman–Crippen LogP) is 3.45. The molecule has 138 valence electrons. The fraction of sp³-hybridized carbons (Fsp3) is 0.150. The van der Waals surface area contributed by atoms with Crippen molar-refractivity contribution in [3.8, 4) is 0 Å². The Balaban J connectivity index is 1.48. The first-order valence-corrected chi connectivity index (χ1v) is 9.30. The molecule has 6 nitrogen and oxygen atoms in total. The fourth-order valence-corrected chi connectivity index (χ4v) is 2.78. The predicted molar refractivity (Wildman–Crippen MR) is 107 cm³/mol. The lowest BCUT2D eigenvalue weighted by atomic mass is 10.2. The molecule has 27 heavy (non-hydrogen) atoms. The van der Waals surface area contributed by atoms with Crippen LogP contribution < -0.4 is 10.6 Å². The van der Waals surface area contributed by atoms with Gasteiger partial charge in [0.15, 0.2) is 0 Å². The fourth-order valence-electron chi connectivity index (χ4n) is 2.52. The van der Waals surface area contributed by atoms with Crippen LogP contribution in [-0.2, 0) is 11.3 Å². The molecule has 2 N–H and O–H groups in total. The molecule has 0 bridgehead atoms. The molecule has 0 aliphatic rings. The van der Waals surface area contributed by atoms with Gasteiger partial charge < -0.3 is 10.6 Å². The molecule has 7 heteroatoms. The lowest BCUT2D eigenvalue weighted by Gasteiger charge is -2.10. The molecule has 0 atom stereocenters. The molecule has 0 aliphatic heterocycles. The van der Waals surface area contributed by atoms with E-state index in [1.54, 1.807) is 41.2 Å². The third kappa shape index (κ3) is 5.52. The van der Waals surface area contributed by atoms with Crippen molar-refractivity contribution in [2.24, 2.45) is 0 Å². The van der Waals surface area contributed by atoms with Gasteiger partial charge in [0.25, 0.3) is 5.91 Å². The van der Waals surface area contributed by atoms with Crippen molar-refractivity contribution < 1.29 is 9.59 Å². The highest BCUT2D eigenvalue weighted by molar-refractivity contribution is 9.10. The van der Waals surface area contributed by atoms with Crippen molar-refractivity contribution in [2.45, 2.75) is 13.0 Å². The lowest BCUT2D eigenvalue weighted by Crippen LogP contribution is -2.28. The van der Waals surface area contributed by atoms with E-state index in [1.807, 2.05) is 30.3 Å². The first-order chi connectivity index (χ1) is 13.1. The summed E-state index contributed by atoms with van der Waals surface area (Å²) in [6, 6.07) is 18.7. The summed E-state index contributed by atoms with van der Waals surface area (Å²) in [5.74, 6) is 0.244.